The second-order valence-electron chi connectivity index (χ2n) is 20.6. The second kappa shape index (κ2) is 14.0. The summed E-state index contributed by atoms with van der Waals surface area (Å²) in [6.45, 7) is 14.6. The molecule has 6 nitrogen and oxygen atoms in total. The van der Waals surface area contributed by atoms with Gasteiger partial charge in [-0.05, 0) is 151 Å². The Hall–Kier alpha value is 0.274. The number of hydrogen-bond donors (Lipinski definition) is 0. The fraction of sp³-hybridized carbons (Fsp3) is 0.857. The van der Waals surface area contributed by atoms with Gasteiger partial charge >= 0.3 is 17.6 Å². The van der Waals surface area contributed by atoms with E-state index < -0.39 is 17.6 Å². The van der Waals surface area contributed by atoms with Crippen LogP contribution < -0.4 is 10.4 Å². The summed E-state index contributed by atoms with van der Waals surface area (Å²) in [5.74, 6) is 5.67. The fourth-order valence-electron chi connectivity index (χ4n) is 14.5. The molecule has 8 bridgehead atoms. The highest BCUT2D eigenvalue weighted by Gasteiger charge is 2.63. The first kappa shape index (κ1) is 40.5. The van der Waals surface area contributed by atoms with E-state index in [4.69, 9.17) is 26.6 Å². The summed E-state index contributed by atoms with van der Waals surface area (Å²) in [6, 6.07) is 4.92. The SMILES string of the molecule is CO[Si](OC)(OC)c1cc(CP(C23CC4CC(CC(C4)C2)C3)C23CC4CC(CC(C4)C2)C3)c(C(P)(C(C)(C)C)C(C)(C)C)cc1[Si](OC)(OC)OC. The van der Waals surface area contributed by atoms with Gasteiger partial charge in [0.05, 0.1) is 0 Å². The molecule has 8 aliphatic rings. The van der Waals surface area contributed by atoms with E-state index in [1.54, 1.807) is 42.7 Å². The van der Waals surface area contributed by atoms with Crippen LogP contribution in [0, 0.1) is 46.3 Å². The molecule has 0 N–H and O–H groups in total. The van der Waals surface area contributed by atoms with Crippen LogP contribution in [0.4, 0.5) is 0 Å². The minimum atomic E-state index is -3.41. The van der Waals surface area contributed by atoms with Gasteiger partial charge in [-0.3, -0.25) is 0 Å². The number of rotatable bonds is 13. The van der Waals surface area contributed by atoms with Crippen molar-refractivity contribution in [2.45, 2.75) is 140 Å². The first-order valence-corrected chi connectivity index (χ1v) is 26.0. The highest BCUT2D eigenvalue weighted by molar-refractivity contribution is 7.60. The zero-order valence-corrected chi connectivity index (χ0v) is 38.8. The molecule has 1 aromatic rings. The van der Waals surface area contributed by atoms with Gasteiger partial charge in [-0.1, -0.05) is 61.6 Å². The molecule has 10 heteroatoms. The van der Waals surface area contributed by atoms with Gasteiger partial charge in [0, 0.05) is 58.2 Å². The molecule has 294 valence electrons. The van der Waals surface area contributed by atoms with Gasteiger partial charge in [-0.25, -0.2) is 0 Å². The van der Waals surface area contributed by atoms with Gasteiger partial charge < -0.3 is 26.6 Å². The summed E-state index contributed by atoms with van der Waals surface area (Å²) in [5, 5.41) is 2.57. The minimum Gasteiger partial charge on any atom is -0.373 e. The summed E-state index contributed by atoms with van der Waals surface area (Å²) in [6.07, 6.45) is 19.1. The van der Waals surface area contributed by atoms with E-state index in [1.807, 2.05) is 0 Å². The Kier molecular flexibility index (Phi) is 10.9. The second-order valence-corrected chi connectivity index (χ2v) is 30.3. The van der Waals surface area contributed by atoms with Crippen molar-refractivity contribution in [1.29, 1.82) is 0 Å². The summed E-state index contributed by atoms with van der Waals surface area (Å²) in [4.78, 5) is 0. The van der Waals surface area contributed by atoms with Crippen LogP contribution in [0.5, 0.6) is 0 Å². The van der Waals surface area contributed by atoms with Crippen LogP contribution in [0.2, 0.25) is 0 Å². The van der Waals surface area contributed by atoms with Gasteiger partial charge in [-0.15, -0.1) is 9.24 Å². The highest BCUT2D eigenvalue weighted by atomic mass is 31.1. The zero-order chi connectivity index (χ0) is 37.7. The van der Waals surface area contributed by atoms with Crippen LogP contribution in [0.25, 0.3) is 0 Å². The van der Waals surface area contributed by atoms with Gasteiger partial charge in [-0.2, -0.15) is 0 Å². The van der Waals surface area contributed by atoms with Gasteiger partial charge in [0.25, 0.3) is 0 Å². The third-order valence-electron chi connectivity index (χ3n) is 15.8. The van der Waals surface area contributed by atoms with Gasteiger partial charge in [0.1, 0.15) is 0 Å². The van der Waals surface area contributed by atoms with Crippen LogP contribution in [-0.2, 0) is 37.9 Å². The number of hydrogen-bond acceptors (Lipinski definition) is 6. The first-order chi connectivity index (χ1) is 24.4. The molecule has 0 amide bonds. The van der Waals surface area contributed by atoms with Crippen LogP contribution in [0.3, 0.4) is 0 Å². The predicted octanol–water partition coefficient (Wildman–Crippen LogP) is 8.94. The van der Waals surface area contributed by atoms with Crippen molar-refractivity contribution in [3.05, 3.63) is 23.3 Å². The number of benzene rings is 1. The molecule has 8 saturated carbocycles. The average Bonchev–Trinajstić information content (AvgIpc) is 3.07. The molecule has 9 rings (SSSR count). The molecule has 0 spiro atoms. The fourth-order valence-corrected chi connectivity index (χ4v) is 24.7. The molecule has 1 unspecified atom stereocenters. The lowest BCUT2D eigenvalue weighted by Gasteiger charge is -2.68. The molecule has 1 aromatic carbocycles. The van der Waals surface area contributed by atoms with E-state index in [-0.39, 0.29) is 23.9 Å². The molecule has 0 heterocycles. The standard InChI is InChI=1S/C42H72O6P2Si2/c1-38(2,3)42(49,39(4,5)6)35-20-37(52(46-10,47-11)48-12)36(51(43-7,44-8)45-9)19-34(35)27-50(40-21-28-13-29(22-40)15-30(14-28)23-40)41-24-31-16-32(25-41)18-33(17-31)26-41/h19-20,28-33H,13-18,21-27,49H2,1-12H3. The Labute approximate surface area is 323 Å². The van der Waals surface area contributed by atoms with Crippen molar-refractivity contribution in [3.63, 3.8) is 0 Å². The van der Waals surface area contributed by atoms with Crippen LogP contribution in [0.15, 0.2) is 12.1 Å². The molecular formula is C42H72O6P2Si2. The van der Waals surface area contributed by atoms with Crippen molar-refractivity contribution in [1.82, 2.24) is 0 Å². The molecule has 0 aliphatic heterocycles. The molecular weight excluding hydrogens is 719 g/mol. The predicted molar refractivity (Wildman–Crippen MR) is 222 cm³/mol. The molecule has 8 aliphatic carbocycles. The molecule has 0 aromatic heterocycles. The lowest BCUT2D eigenvalue weighted by molar-refractivity contribution is 0.0184. The van der Waals surface area contributed by atoms with Crippen molar-refractivity contribution >= 4 is 45.1 Å². The van der Waals surface area contributed by atoms with E-state index in [0.29, 0.717) is 10.3 Å². The highest BCUT2D eigenvalue weighted by Crippen LogP contribution is 2.80. The van der Waals surface area contributed by atoms with E-state index in [1.165, 1.54) is 94.3 Å². The van der Waals surface area contributed by atoms with Crippen LogP contribution in [0.1, 0.15) is 130 Å². The lowest BCUT2D eigenvalue weighted by Crippen LogP contribution is -2.69. The largest absolute Gasteiger partial charge is 0.536 e. The Morgan fingerprint density at radius 2 is 0.846 bits per heavy atom. The minimum absolute atomic E-state index is 0.0801. The Bertz CT molecular complexity index is 1330. The van der Waals surface area contributed by atoms with Crippen molar-refractivity contribution in [2.75, 3.05) is 42.7 Å². The molecule has 52 heavy (non-hydrogen) atoms. The molecule has 0 radical (unpaired) electrons. The smallest absolute Gasteiger partial charge is 0.373 e. The maximum Gasteiger partial charge on any atom is 0.536 e. The van der Waals surface area contributed by atoms with Crippen molar-refractivity contribution in [2.24, 2.45) is 46.3 Å². The molecule has 8 fully saturated rings. The van der Waals surface area contributed by atoms with Crippen molar-refractivity contribution < 1.29 is 26.6 Å². The zero-order valence-electron chi connectivity index (χ0n) is 34.8. The maximum absolute atomic E-state index is 6.36. The van der Waals surface area contributed by atoms with Gasteiger partial charge in [0.15, 0.2) is 0 Å². The van der Waals surface area contributed by atoms with Gasteiger partial charge in [0.2, 0.25) is 0 Å². The van der Waals surface area contributed by atoms with E-state index in [9.17, 15) is 0 Å². The van der Waals surface area contributed by atoms with Crippen LogP contribution >= 0.6 is 17.2 Å². The van der Waals surface area contributed by atoms with Crippen molar-refractivity contribution in [3.8, 4) is 0 Å². The monoisotopic (exact) mass is 790 g/mol. The summed E-state index contributed by atoms with van der Waals surface area (Å²) < 4.78 is 38.1. The third-order valence-corrected chi connectivity index (χ3v) is 27.5. The first-order valence-electron chi connectivity index (χ1n) is 20.5. The molecule has 1 atom stereocenters. The topological polar surface area (TPSA) is 55.4 Å². The Morgan fingerprint density at radius 1 is 0.558 bits per heavy atom. The lowest BCUT2D eigenvalue weighted by atomic mass is 9.55. The summed E-state index contributed by atoms with van der Waals surface area (Å²) >= 11 is 0. The molecule has 0 saturated heterocycles. The quantitative estimate of drug-likeness (QED) is 0.147. The Balaban J connectivity index is 1.52. The van der Waals surface area contributed by atoms with E-state index in [0.717, 1.165) is 45.9 Å². The van der Waals surface area contributed by atoms with E-state index in [2.05, 4.69) is 62.9 Å². The maximum atomic E-state index is 6.36. The average molecular weight is 791 g/mol. The normalized spacial score (nSPS) is 35.1. The Morgan fingerprint density at radius 3 is 1.12 bits per heavy atom. The third kappa shape index (κ3) is 6.20. The summed E-state index contributed by atoms with van der Waals surface area (Å²) in [7, 11) is 6.66. The van der Waals surface area contributed by atoms with Crippen LogP contribution in [-0.4, -0.2) is 70.6 Å². The van der Waals surface area contributed by atoms with E-state index >= 15 is 0 Å². The summed E-state index contributed by atoms with van der Waals surface area (Å²) in [5.41, 5.74) is 2.71.